The van der Waals surface area contributed by atoms with Gasteiger partial charge in [-0.1, -0.05) is 47.8 Å². The fourth-order valence-corrected chi connectivity index (χ4v) is 2.39. The van der Waals surface area contributed by atoms with Crippen molar-refractivity contribution in [1.29, 1.82) is 0 Å². The maximum absolute atomic E-state index is 5.97. The maximum atomic E-state index is 5.97. The third-order valence-electron chi connectivity index (χ3n) is 2.80. The molecule has 0 aliphatic carbocycles. The molecule has 0 amide bonds. The van der Waals surface area contributed by atoms with Crippen molar-refractivity contribution in [3.05, 3.63) is 36.1 Å². The van der Waals surface area contributed by atoms with Crippen LogP contribution in [0.5, 0.6) is 0 Å². The van der Waals surface area contributed by atoms with Gasteiger partial charge in [0.2, 0.25) is 3.79 Å². The number of halogens is 3. The minimum atomic E-state index is -1.32. The van der Waals surface area contributed by atoms with Gasteiger partial charge in [-0.15, -0.1) is 0 Å². The van der Waals surface area contributed by atoms with E-state index in [9.17, 15) is 0 Å². The van der Waals surface area contributed by atoms with Crippen molar-refractivity contribution in [3.8, 4) is 0 Å². The summed E-state index contributed by atoms with van der Waals surface area (Å²) in [6.45, 7) is 2.75. The Morgan fingerprint density at radius 2 is 2.06 bits per heavy atom. The average Bonchev–Trinajstić information content (AvgIpc) is 2.74. The van der Waals surface area contributed by atoms with E-state index in [0.717, 1.165) is 23.1 Å². The van der Waals surface area contributed by atoms with E-state index in [0.29, 0.717) is 6.42 Å². The van der Waals surface area contributed by atoms with Crippen LogP contribution in [0.3, 0.4) is 0 Å². The fraction of sp³-hybridized carbons (Fsp3) is 0.385. The summed E-state index contributed by atoms with van der Waals surface area (Å²) in [6.07, 6.45) is 2.33. The number of nitrogens with one attached hydrogen (secondary N) is 1. The van der Waals surface area contributed by atoms with Crippen LogP contribution in [0.2, 0.25) is 0 Å². The average molecular weight is 307 g/mol. The molecular formula is C13H14Cl3NO. The van der Waals surface area contributed by atoms with E-state index in [2.05, 4.69) is 11.4 Å². The van der Waals surface area contributed by atoms with E-state index >= 15 is 0 Å². The second-order valence-electron chi connectivity index (χ2n) is 4.15. The quantitative estimate of drug-likeness (QED) is 0.851. The molecule has 1 aromatic heterocycles. The van der Waals surface area contributed by atoms with E-state index in [4.69, 9.17) is 39.2 Å². The van der Waals surface area contributed by atoms with E-state index in [1.54, 1.807) is 6.26 Å². The number of likely N-dealkylation sites (N-methyl/N-ethyl adjacent to an activating group) is 1. The van der Waals surface area contributed by atoms with Gasteiger partial charge in [0.25, 0.3) is 0 Å². The number of benzene rings is 1. The minimum Gasteiger partial charge on any atom is -0.464 e. The molecule has 0 spiro atoms. The largest absolute Gasteiger partial charge is 0.464 e. The predicted molar refractivity (Wildman–Crippen MR) is 77.7 cm³/mol. The Hall–Kier alpha value is -0.410. The van der Waals surface area contributed by atoms with Gasteiger partial charge >= 0.3 is 0 Å². The highest BCUT2D eigenvalue weighted by Gasteiger charge is 2.31. The van der Waals surface area contributed by atoms with Crippen molar-refractivity contribution in [2.45, 2.75) is 23.2 Å². The molecule has 0 aliphatic rings. The Kier molecular flexibility index (Phi) is 4.44. The van der Waals surface area contributed by atoms with E-state index in [1.807, 2.05) is 25.1 Å². The molecule has 2 nitrogen and oxygen atoms in total. The van der Waals surface area contributed by atoms with E-state index < -0.39 is 3.79 Å². The van der Waals surface area contributed by atoms with Gasteiger partial charge in [0, 0.05) is 5.39 Å². The topological polar surface area (TPSA) is 25.2 Å². The molecule has 0 fully saturated rings. The molecular weight excluding hydrogens is 293 g/mol. The lowest BCUT2D eigenvalue weighted by Gasteiger charge is -2.25. The first kappa shape index (κ1) is 14.0. The van der Waals surface area contributed by atoms with Gasteiger partial charge in [-0.05, 0) is 36.7 Å². The molecule has 1 heterocycles. The monoisotopic (exact) mass is 305 g/mol. The Balaban J connectivity index is 2.19. The lowest BCUT2D eigenvalue weighted by Crippen LogP contribution is -2.41. The Morgan fingerprint density at radius 1 is 1.28 bits per heavy atom. The van der Waals surface area contributed by atoms with Crippen LogP contribution < -0.4 is 5.32 Å². The molecule has 1 atom stereocenters. The number of fused-ring (bicyclic) bond motifs is 1. The second kappa shape index (κ2) is 5.70. The van der Waals surface area contributed by atoms with Crippen LogP contribution in [0.4, 0.5) is 0 Å². The normalized spacial score (nSPS) is 14.0. The maximum Gasteiger partial charge on any atom is 0.205 e. The summed E-state index contributed by atoms with van der Waals surface area (Å²) in [5, 5.41) is 4.26. The van der Waals surface area contributed by atoms with E-state index in [-0.39, 0.29) is 6.04 Å². The minimum absolute atomic E-state index is 0.211. The first-order valence-electron chi connectivity index (χ1n) is 5.77. The van der Waals surface area contributed by atoms with Crippen molar-refractivity contribution in [3.63, 3.8) is 0 Å². The van der Waals surface area contributed by atoms with Crippen LogP contribution in [-0.2, 0) is 6.42 Å². The van der Waals surface area contributed by atoms with Gasteiger partial charge in [-0.3, -0.25) is 0 Å². The van der Waals surface area contributed by atoms with Crippen LogP contribution in [0.1, 0.15) is 12.5 Å². The number of hydrogen-bond acceptors (Lipinski definition) is 2. The van der Waals surface area contributed by atoms with Gasteiger partial charge in [-0.2, -0.15) is 0 Å². The highest BCUT2D eigenvalue weighted by atomic mass is 35.6. The van der Waals surface area contributed by atoms with Crippen molar-refractivity contribution in [2.24, 2.45) is 0 Å². The fourth-order valence-electron chi connectivity index (χ4n) is 1.93. The van der Waals surface area contributed by atoms with Gasteiger partial charge in [0.05, 0.1) is 12.3 Å². The summed E-state index contributed by atoms with van der Waals surface area (Å²) in [7, 11) is 0. The van der Waals surface area contributed by atoms with Gasteiger partial charge in [-0.25, -0.2) is 0 Å². The first-order valence-corrected chi connectivity index (χ1v) is 6.90. The van der Waals surface area contributed by atoms with Crippen molar-refractivity contribution < 1.29 is 4.42 Å². The molecule has 5 heteroatoms. The summed E-state index contributed by atoms with van der Waals surface area (Å²) in [5.74, 6) is 0. The molecule has 1 unspecified atom stereocenters. The zero-order chi connectivity index (χ0) is 13.2. The van der Waals surface area contributed by atoms with Crippen LogP contribution in [0.15, 0.2) is 34.9 Å². The summed E-state index contributed by atoms with van der Waals surface area (Å²) >= 11 is 17.9. The SMILES string of the molecule is CCNC(Cc1ccc2occc2c1)C(Cl)(Cl)Cl. The van der Waals surface area contributed by atoms with Crippen molar-refractivity contribution in [2.75, 3.05) is 6.54 Å². The number of rotatable bonds is 4. The molecule has 0 saturated heterocycles. The zero-order valence-corrected chi connectivity index (χ0v) is 12.2. The Labute approximate surface area is 121 Å². The lowest BCUT2D eigenvalue weighted by atomic mass is 10.1. The highest BCUT2D eigenvalue weighted by Crippen LogP contribution is 2.32. The van der Waals surface area contributed by atoms with Crippen LogP contribution >= 0.6 is 34.8 Å². The molecule has 0 radical (unpaired) electrons. The molecule has 18 heavy (non-hydrogen) atoms. The summed E-state index contributed by atoms with van der Waals surface area (Å²) < 4.78 is 3.98. The molecule has 98 valence electrons. The van der Waals surface area contributed by atoms with Crippen LogP contribution in [-0.4, -0.2) is 16.4 Å². The number of alkyl halides is 3. The Morgan fingerprint density at radius 3 is 2.72 bits per heavy atom. The molecule has 2 rings (SSSR count). The van der Waals surface area contributed by atoms with Gasteiger partial charge in [0.15, 0.2) is 0 Å². The molecule has 0 bridgehead atoms. The Bertz CT molecular complexity index is 518. The standard InChI is InChI=1S/C13H14Cl3NO/c1-2-17-12(13(14,15)16)8-9-3-4-11-10(7-9)5-6-18-11/h3-7,12,17H,2,8H2,1H3. The molecule has 0 saturated carbocycles. The van der Waals surface area contributed by atoms with Crippen molar-refractivity contribution >= 4 is 45.8 Å². The smallest absolute Gasteiger partial charge is 0.205 e. The summed E-state index contributed by atoms with van der Waals surface area (Å²) in [6, 6.07) is 7.70. The number of furan rings is 1. The molecule has 1 N–H and O–H groups in total. The molecule has 2 aromatic rings. The zero-order valence-electron chi connectivity index (χ0n) is 9.92. The summed E-state index contributed by atoms with van der Waals surface area (Å²) in [5.41, 5.74) is 1.98. The third-order valence-corrected chi connectivity index (χ3v) is 3.59. The highest BCUT2D eigenvalue weighted by molar-refractivity contribution is 6.68. The third kappa shape index (κ3) is 3.33. The first-order chi connectivity index (χ1) is 8.50. The van der Waals surface area contributed by atoms with Crippen molar-refractivity contribution in [1.82, 2.24) is 5.32 Å². The predicted octanol–water partition coefficient (Wildman–Crippen LogP) is 4.32. The van der Waals surface area contributed by atoms with Crippen LogP contribution in [0.25, 0.3) is 11.0 Å². The molecule has 0 aliphatic heterocycles. The summed E-state index contributed by atoms with van der Waals surface area (Å²) in [4.78, 5) is 0. The van der Waals surface area contributed by atoms with E-state index in [1.165, 1.54) is 0 Å². The second-order valence-corrected chi connectivity index (χ2v) is 6.52. The lowest BCUT2D eigenvalue weighted by molar-refractivity contribution is 0.532. The number of hydrogen-bond donors (Lipinski definition) is 1. The van der Waals surface area contributed by atoms with Gasteiger partial charge < -0.3 is 9.73 Å². The van der Waals surface area contributed by atoms with Gasteiger partial charge in [0.1, 0.15) is 5.58 Å². The molecule has 1 aromatic carbocycles. The van der Waals surface area contributed by atoms with Crippen LogP contribution in [0, 0.1) is 0 Å².